The van der Waals surface area contributed by atoms with Crippen LogP contribution in [0.25, 0.3) is 11.2 Å². The molecular weight excluding hydrogens is 568 g/mol. The van der Waals surface area contributed by atoms with E-state index in [1.165, 1.54) is 11.1 Å². The van der Waals surface area contributed by atoms with Gasteiger partial charge in [-0.2, -0.15) is 14.8 Å². The summed E-state index contributed by atoms with van der Waals surface area (Å²) in [6.07, 6.45) is 1.74. The Balaban J connectivity index is 1.32. The molecule has 0 amide bonds. The number of nitrogens with one attached hydrogen (secondary N) is 1. The lowest BCUT2D eigenvalue weighted by Gasteiger charge is -2.22. The lowest BCUT2D eigenvalue weighted by Crippen LogP contribution is -2.30. The molecule has 4 N–H and O–H groups in total. The molecule has 1 saturated heterocycles. The van der Waals surface area contributed by atoms with Crippen LogP contribution in [0.5, 0.6) is 0 Å². The second kappa shape index (κ2) is 12.6. The van der Waals surface area contributed by atoms with E-state index in [1.807, 2.05) is 62.0 Å². The molecule has 0 unspecified atom stereocenters. The number of benzene rings is 1. The zero-order valence-corrected chi connectivity index (χ0v) is 24.7. The average Bonchev–Trinajstić information content (AvgIpc) is 3.82. The van der Waals surface area contributed by atoms with Crippen LogP contribution in [-0.2, 0) is 24.6 Å². The van der Waals surface area contributed by atoms with Gasteiger partial charge in [0.1, 0.15) is 18.9 Å². The molecule has 1 fully saturated rings. The van der Waals surface area contributed by atoms with E-state index in [-0.39, 0.29) is 18.6 Å². The van der Waals surface area contributed by atoms with Gasteiger partial charge in [0.15, 0.2) is 29.3 Å². The summed E-state index contributed by atoms with van der Waals surface area (Å²) in [4.78, 5) is 21.5. The highest BCUT2D eigenvalue weighted by Crippen LogP contribution is 2.39. The number of hydrogen-bond donors (Lipinski definition) is 4. The van der Waals surface area contributed by atoms with Crippen molar-refractivity contribution in [1.82, 2.24) is 49.3 Å². The van der Waals surface area contributed by atoms with Crippen LogP contribution in [-0.4, -0.2) is 96.6 Å². The van der Waals surface area contributed by atoms with Crippen molar-refractivity contribution in [2.24, 2.45) is 7.05 Å². The number of aliphatic hydroxyl groups is 3. The number of ether oxygens (including phenoxy) is 1. The molecule has 1 aliphatic rings. The first-order chi connectivity index (χ1) is 21.3. The van der Waals surface area contributed by atoms with Crippen molar-refractivity contribution < 1.29 is 20.1 Å². The molecular formula is C28H36N12O4. The Labute approximate surface area is 253 Å². The van der Waals surface area contributed by atoms with Gasteiger partial charge in [-0.25, -0.2) is 9.97 Å². The molecule has 6 rings (SSSR count). The van der Waals surface area contributed by atoms with Crippen LogP contribution in [0.1, 0.15) is 49.3 Å². The maximum atomic E-state index is 11.1. The summed E-state index contributed by atoms with van der Waals surface area (Å²) in [5.41, 5.74) is 2.78. The number of hydrogen-bond acceptors (Lipinski definition) is 13. The van der Waals surface area contributed by atoms with Gasteiger partial charge in [0, 0.05) is 32.8 Å². The fourth-order valence-corrected chi connectivity index (χ4v) is 5.11. The molecule has 16 nitrogen and oxygen atoms in total. The summed E-state index contributed by atoms with van der Waals surface area (Å²) in [6.45, 7) is 4.47. The fraction of sp³-hybridized carbons (Fsp3) is 0.464. The molecule has 0 radical (unpaired) electrons. The summed E-state index contributed by atoms with van der Waals surface area (Å²) in [6, 6.07) is 9.92. The number of aryl methyl sites for hydroxylation is 1. The molecule has 0 aliphatic carbocycles. The fourth-order valence-electron chi connectivity index (χ4n) is 5.11. The van der Waals surface area contributed by atoms with Crippen molar-refractivity contribution in [1.29, 1.82) is 0 Å². The van der Waals surface area contributed by atoms with Crippen LogP contribution in [0, 0.1) is 0 Å². The minimum Gasteiger partial charge on any atom is -0.387 e. The van der Waals surface area contributed by atoms with E-state index in [0.717, 1.165) is 11.3 Å². The second-order valence-corrected chi connectivity index (χ2v) is 11.0. The maximum absolute atomic E-state index is 11.1. The molecule has 0 spiro atoms. The molecule has 0 bridgehead atoms. The molecule has 0 saturated carbocycles. The van der Waals surface area contributed by atoms with Crippen molar-refractivity contribution in [2.75, 3.05) is 30.0 Å². The van der Waals surface area contributed by atoms with Gasteiger partial charge in [-0.1, -0.05) is 30.3 Å². The summed E-state index contributed by atoms with van der Waals surface area (Å²) in [5, 5.41) is 48.1. The Kier molecular flexibility index (Phi) is 8.47. The second-order valence-electron chi connectivity index (χ2n) is 11.0. The van der Waals surface area contributed by atoms with Crippen LogP contribution in [0.4, 0.5) is 11.8 Å². The van der Waals surface area contributed by atoms with Gasteiger partial charge in [0.25, 0.3) is 0 Å². The van der Waals surface area contributed by atoms with Crippen molar-refractivity contribution >= 4 is 22.9 Å². The van der Waals surface area contributed by atoms with Gasteiger partial charge in [0.05, 0.1) is 24.4 Å². The van der Waals surface area contributed by atoms with E-state index >= 15 is 0 Å². The zero-order valence-electron chi connectivity index (χ0n) is 24.7. The van der Waals surface area contributed by atoms with E-state index < -0.39 is 24.5 Å². The quantitative estimate of drug-likeness (QED) is 0.146. The topological polar surface area (TPSA) is 190 Å². The Morgan fingerprint density at radius 2 is 1.86 bits per heavy atom. The molecule has 5 heterocycles. The Morgan fingerprint density at radius 1 is 1.05 bits per heavy atom. The molecule has 1 aromatic carbocycles. The third kappa shape index (κ3) is 5.96. The molecule has 232 valence electrons. The molecule has 44 heavy (non-hydrogen) atoms. The molecule has 5 aromatic rings. The van der Waals surface area contributed by atoms with Crippen LogP contribution < -0.4 is 10.2 Å². The van der Waals surface area contributed by atoms with Crippen molar-refractivity contribution in [2.45, 2.75) is 57.3 Å². The minimum absolute atomic E-state index is 0.0387. The molecule has 4 aromatic heterocycles. The molecule has 16 heteroatoms. The number of tetrazole rings is 1. The van der Waals surface area contributed by atoms with Crippen LogP contribution in [0.2, 0.25) is 0 Å². The van der Waals surface area contributed by atoms with E-state index in [0.29, 0.717) is 48.9 Å². The predicted octanol–water partition coefficient (Wildman–Crippen LogP) is 0.773. The number of imidazole rings is 2. The zero-order chi connectivity index (χ0) is 30.8. The molecule has 4 atom stereocenters. The van der Waals surface area contributed by atoms with Crippen molar-refractivity contribution in [3.63, 3.8) is 0 Å². The maximum Gasteiger partial charge on any atom is 0.226 e. The number of anilines is 2. The van der Waals surface area contributed by atoms with Crippen molar-refractivity contribution in [3.05, 3.63) is 66.3 Å². The van der Waals surface area contributed by atoms with Crippen molar-refractivity contribution in [3.8, 4) is 0 Å². The van der Waals surface area contributed by atoms with Crippen LogP contribution in [0.3, 0.4) is 0 Å². The van der Waals surface area contributed by atoms with E-state index in [4.69, 9.17) is 14.7 Å². The van der Waals surface area contributed by atoms with Gasteiger partial charge < -0.3 is 34.8 Å². The van der Waals surface area contributed by atoms with Crippen LogP contribution in [0.15, 0.2) is 49.2 Å². The lowest BCUT2D eigenvalue weighted by molar-refractivity contribution is -0.0384. The summed E-state index contributed by atoms with van der Waals surface area (Å²) in [7, 11) is 1.91. The first-order valence-electron chi connectivity index (χ1n) is 14.5. The number of aromatic nitrogens is 10. The minimum atomic E-state index is -1.34. The van der Waals surface area contributed by atoms with E-state index in [2.05, 4.69) is 30.7 Å². The third-order valence-corrected chi connectivity index (χ3v) is 7.48. The Morgan fingerprint density at radius 3 is 2.57 bits per heavy atom. The summed E-state index contributed by atoms with van der Waals surface area (Å²) in [5.74, 6) is 0.879. The van der Waals surface area contributed by atoms with Gasteiger partial charge in [-0.15, -0.1) is 10.2 Å². The normalized spacial score (nSPS) is 20.2. The highest BCUT2D eigenvalue weighted by molar-refractivity contribution is 5.85. The standard InChI is InChI=1S/C28H36N12O4/c1-17(2)40-35-24(34-36-40)23-21(42)22(43)27(44-23)39-15-31-20-25(38(16-41)12-10-18-7-5-4-6-8-18)32-28(33-26(20)39)29-11-9-19-13-37(3)14-30-19/h4-8,13-15,17,21-23,27,41-43H,9-12,16H2,1-3H3,(H,29,32,33)/t21-,22+,23-,27+/m0/s1. The summed E-state index contributed by atoms with van der Waals surface area (Å²) < 4.78 is 9.56. The summed E-state index contributed by atoms with van der Waals surface area (Å²) >= 11 is 0. The predicted molar refractivity (Wildman–Crippen MR) is 158 cm³/mol. The smallest absolute Gasteiger partial charge is 0.226 e. The number of aliphatic hydroxyl groups excluding tert-OH is 3. The first kappa shape index (κ1) is 29.6. The van der Waals surface area contributed by atoms with Gasteiger partial charge in [-0.3, -0.25) is 4.57 Å². The average molecular weight is 605 g/mol. The molecule has 1 aliphatic heterocycles. The third-order valence-electron chi connectivity index (χ3n) is 7.48. The van der Waals surface area contributed by atoms with Gasteiger partial charge in [-0.05, 0) is 31.0 Å². The number of fused-ring (bicyclic) bond motifs is 1. The first-order valence-corrected chi connectivity index (χ1v) is 14.5. The largest absolute Gasteiger partial charge is 0.387 e. The highest BCUT2D eigenvalue weighted by Gasteiger charge is 2.47. The highest BCUT2D eigenvalue weighted by atomic mass is 16.6. The Hall–Kier alpha value is -4.51. The van der Waals surface area contributed by atoms with E-state index in [9.17, 15) is 15.3 Å². The van der Waals surface area contributed by atoms with Gasteiger partial charge in [0.2, 0.25) is 11.8 Å². The monoisotopic (exact) mass is 604 g/mol. The lowest BCUT2D eigenvalue weighted by atomic mass is 10.1. The van der Waals surface area contributed by atoms with Crippen LogP contribution >= 0.6 is 0 Å². The SMILES string of the molecule is CC(C)n1nnc([C@H]2O[C@@H](n3cnc4c(N(CO)CCc5ccccc5)nc(NCCc5cn(C)cn5)nc43)[C@H](O)[C@@H]2O)n1. The van der Waals surface area contributed by atoms with Gasteiger partial charge >= 0.3 is 0 Å². The van der Waals surface area contributed by atoms with E-state index in [1.54, 1.807) is 15.8 Å². The number of nitrogens with zero attached hydrogens (tertiary/aromatic N) is 11. The number of rotatable bonds is 12. The Bertz CT molecular complexity index is 1690.